The van der Waals surface area contributed by atoms with Crippen LogP contribution < -0.4 is 9.64 Å². The van der Waals surface area contributed by atoms with E-state index in [1.165, 1.54) is 0 Å². The molecule has 1 aromatic heterocycles. The van der Waals surface area contributed by atoms with Gasteiger partial charge in [-0.25, -0.2) is 4.98 Å². The van der Waals surface area contributed by atoms with Gasteiger partial charge in [-0.1, -0.05) is 0 Å². The van der Waals surface area contributed by atoms with Gasteiger partial charge in [0.25, 0.3) is 0 Å². The molecule has 6 nitrogen and oxygen atoms in total. The fraction of sp³-hybridized carbons (Fsp3) is 0.545. The lowest BCUT2D eigenvalue weighted by atomic mass is 10.5. The third kappa shape index (κ3) is 4.26. The van der Waals surface area contributed by atoms with Gasteiger partial charge in [0.05, 0.1) is 6.10 Å². The maximum Gasteiger partial charge on any atom is 0.323 e. The van der Waals surface area contributed by atoms with E-state index in [4.69, 9.17) is 9.84 Å². The zero-order valence-corrected chi connectivity index (χ0v) is 10.3. The van der Waals surface area contributed by atoms with E-state index >= 15 is 0 Å². The largest absolute Gasteiger partial charge is 0.480 e. The van der Waals surface area contributed by atoms with Crippen LogP contribution in [0.25, 0.3) is 0 Å². The number of carboxylic acid groups (broad SMARTS) is 1. The molecule has 0 unspecified atom stereocenters. The summed E-state index contributed by atoms with van der Waals surface area (Å²) in [4.78, 5) is 20.4. The molecule has 1 rings (SSSR count). The summed E-state index contributed by atoms with van der Waals surface area (Å²) in [6.45, 7) is 6.05. The fourth-order valence-corrected chi connectivity index (χ4v) is 1.28. The van der Waals surface area contributed by atoms with Crippen molar-refractivity contribution in [2.45, 2.75) is 26.9 Å². The number of hydrogen-bond donors (Lipinski definition) is 1. The summed E-state index contributed by atoms with van der Waals surface area (Å²) >= 11 is 0. The molecule has 17 heavy (non-hydrogen) atoms. The van der Waals surface area contributed by atoms with Gasteiger partial charge in [-0.2, -0.15) is 4.98 Å². The molecular weight excluding hydrogens is 222 g/mol. The Balaban J connectivity index is 2.84. The first-order valence-electron chi connectivity index (χ1n) is 5.49. The zero-order chi connectivity index (χ0) is 12.8. The summed E-state index contributed by atoms with van der Waals surface area (Å²) < 4.78 is 5.43. The standard InChI is InChI=1S/C11H17N3O3/c1-4-14(7-10(15)16)11-12-6-5-9(13-11)17-8(2)3/h5-6,8H,4,7H2,1-3H3,(H,15,16). The minimum Gasteiger partial charge on any atom is -0.480 e. The van der Waals surface area contributed by atoms with E-state index in [9.17, 15) is 4.79 Å². The van der Waals surface area contributed by atoms with Gasteiger partial charge in [0.15, 0.2) is 0 Å². The Morgan fingerprint density at radius 1 is 1.59 bits per heavy atom. The average molecular weight is 239 g/mol. The van der Waals surface area contributed by atoms with E-state index < -0.39 is 5.97 Å². The normalized spacial score (nSPS) is 10.4. The van der Waals surface area contributed by atoms with Crippen LogP contribution in [0.1, 0.15) is 20.8 Å². The molecule has 0 aromatic carbocycles. The highest BCUT2D eigenvalue weighted by Crippen LogP contribution is 2.13. The number of anilines is 1. The molecule has 1 heterocycles. The quantitative estimate of drug-likeness (QED) is 0.803. The molecule has 0 saturated carbocycles. The molecule has 0 radical (unpaired) electrons. The first-order chi connectivity index (χ1) is 8.02. The number of carboxylic acids is 1. The summed E-state index contributed by atoms with van der Waals surface area (Å²) in [6.07, 6.45) is 1.58. The smallest absolute Gasteiger partial charge is 0.323 e. The minimum absolute atomic E-state index is 0.0206. The van der Waals surface area contributed by atoms with E-state index in [0.717, 1.165) is 0 Å². The third-order valence-corrected chi connectivity index (χ3v) is 1.96. The lowest BCUT2D eigenvalue weighted by Gasteiger charge is -2.19. The molecule has 0 bridgehead atoms. The minimum atomic E-state index is -0.911. The first-order valence-corrected chi connectivity index (χ1v) is 5.49. The van der Waals surface area contributed by atoms with Crippen molar-refractivity contribution >= 4 is 11.9 Å². The third-order valence-electron chi connectivity index (χ3n) is 1.96. The van der Waals surface area contributed by atoms with Crippen LogP contribution in [-0.4, -0.2) is 40.2 Å². The van der Waals surface area contributed by atoms with Crippen molar-refractivity contribution < 1.29 is 14.6 Å². The Labute approximate surface area is 100 Å². The topological polar surface area (TPSA) is 75.6 Å². The van der Waals surface area contributed by atoms with Crippen LogP contribution in [0.3, 0.4) is 0 Å². The monoisotopic (exact) mass is 239 g/mol. The number of carbonyl (C=O) groups is 1. The Hall–Kier alpha value is -1.85. The average Bonchev–Trinajstić information content (AvgIpc) is 2.25. The Morgan fingerprint density at radius 3 is 2.82 bits per heavy atom. The Kier molecular flexibility index (Phi) is 4.68. The van der Waals surface area contributed by atoms with Crippen molar-refractivity contribution in [1.82, 2.24) is 9.97 Å². The second-order valence-electron chi connectivity index (χ2n) is 3.77. The number of aromatic nitrogens is 2. The van der Waals surface area contributed by atoms with Gasteiger partial charge >= 0.3 is 5.97 Å². The van der Waals surface area contributed by atoms with Crippen molar-refractivity contribution in [2.24, 2.45) is 0 Å². The van der Waals surface area contributed by atoms with Gasteiger partial charge in [0.2, 0.25) is 11.8 Å². The van der Waals surface area contributed by atoms with Crippen molar-refractivity contribution in [3.05, 3.63) is 12.3 Å². The Morgan fingerprint density at radius 2 is 2.29 bits per heavy atom. The van der Waals surface area contributed by atoms with E-state index in [-0.39, 0.29) is 12.6 Å². The summed E-state index contributed by atoms with van der Waals surface area (Å²) in [5.74, 6) is -0.0903. The molecule has 0 aliphatic heterocycles. The van der Waals surface area contributed by atoms with E-state index in [2.05, 4.69) is 9.97 Å². The van der Waals surface area contributed by atoms with Gasteiger partial charge in [0.1, 0.15) is 6.54 Å². The van der Waals surface area contributed by atoms with Crippen LogP contribution in [0.5, 0.6) is 5.88 Å². The second kappa shape index (κ2) is 6.03. The lowest BCUT2D eigenvalue weighted by molar-refractivity contribution is -0.135. The van der Waals surface area contributed by atoms with E-state index in [1.807, 2.05) is 20.8 Å². The SMILES string of the molecule is CCN(CC(=O)O)c1nccc(OC(C)C)n1. The molecule has 0 spiro atoms. The maximum absolute atomic E-state index is 10.7. The fourth-order valence-electron chi connectivity index (χ4n) is 1.28. The van der Waals surface area contributed by atoms with Gasteiger partial charge in [-0.3, -0.25) is 4.79 Å². The zero-order valence-electron chi connectivity index (χ0n) is 10.3. The van der Waals surface area contributed by atoms with Crippen LogP contribution in [-0.2, 0) is 4.79 Å². The maximum atomic E-state index is 10.7. The van der Waals surface area contributed by atoms with Crippen molar-refractivity contribution in [3.63, 3.8) is 0 Å². The Bertz CT molecular complexity index is 382. The van der Waals surface area contributed by atoms with Crippen molar-refractivity contribution in [3.8, 4) is 5.88 Å². The molecule has 0 atom stereocenters. The van der Waals surface area contributed by atoms with Crippen molar-refractivity contribution in [2.75, 3.05) is 18.0 Å². The second-order valence-corrected chi connectivity index (χ2v) is 3.77. The van der Waals surface area contributed by atoms with Gasteiger partial charge in [-0.05, 0) is 20.8 Å². The molecule has 0 saturated heterocycles. The molecule has 0 aliphatic carbocycles. The van der Waals surface area contributed by atoms with E-state index in [0.29, 0.717) is 18.4 Å². The number of rotatable bonds is 6. The van der Waals surface area contributed by atoms with Gasteiger partial charge in [-0.15, -0.1) is 0 Å². The van der Waals surface area contributed by atoms with Gasteiger partial charge in [0, 0.05) is 18.8 Å². The van der Waals surface area contributed by atoms with Crippen LogP contribution in [0.15, 0.2) is 12.3 Å². The highest BCUT2D eigenvalue weighted by Gasteiger charge is 2.12. The van der Waals surface area contributed by atoms with Crippen molar-refractivity contribution in [1.29, 1.82) is 0 Å². The summed E-state index contributed by atoms with van der Waals surface area (Å²) in [5, 5.41) is 8.76. The highest BCUT2D eigenvalue weighted by molar-refractivity contribution is 5.72. The molecule has 0 amide bonds. The molecule has 0 aliphatic rings. The van der Waals surface area contributed by atoms with Crippen LogP contribution >= 0.6 is 0 Å². The van der Waals surface area contributed by atoms with Crippen LogP contribution in [0.2, 0.25) is 0 Å². The number of ether oxygens (including phenoxy) is 1. The number of nitrogens with zero attached hydrogens (tertiary/aromatic N) is 3. The molecular formula is C11H17N3O3. The highest BCUT2D eigenvalue weighted by atomic mass is 16.5. The molecule has 6 heteroatoms. The number of hydrogen-bond acceptors (Lipinski definition) is 5. The summed E-state index contributed by atoms with van der Waals surface area (Å²) in [5.41, 5.74) is 0. The summed E-state index contributed by atoms with van der Waals surface area (Å²) in [6, 6.07) is 1.65. The first kappa shape index (κ1) is 13.2. The molecule has 1 N–H and O–H groups in total. The van der Waals surface area contributed by atoms with E-state index in [1.54, 1.807) is 17.2 Å². The molecule has 0 fully saturated rings. The predicted octanol–water partition coefficient (Wildman–Crippen LogP) is 1.17. The predicted molar refractivity (Wildman–Crippen MR) is 63.3 cm³/mol. The van der Waals surface area contributed by atoms with Crippen LogP contribution in [0, 0.1) is 0 Å². The van der Waals surface area contributed by atoms with Gasteiger partial charge < -0.3 is 14.7 Å². The number of aliphatic carboxylic acids is 1. The summed E-state index contributed by atoms with van der Waals surface area (Å²) in [7, 11) is 0. The van der Waals surface area contributed by atoms with Crippen LogP contribution in [0.4, 0.5) is 5.95 Å². The molecule has 1 aromatic rings. The number of likely N-dealkylation sites (N-methyl/N-ethyl adjacent to an activating group) is 1. The molecule has 94 valence electrons. The lowest BCUT2D eigenvalue weighted by Crippen LogP contribution is -2.31.